The molecule has 15 heavy (non-hydrogen) atoms. The standard InChI is InChI=1S/C9H14N2O3S/c1-5(2)8(9(12)13)15-4-7-11-10-6(3)14-7/h5,8H,4H2,1-3H3,(H,12,13). The number of aryl methyl sites for hydroxylation is 1. The van der Waals surface area contributed by atoms with E-state index >= 15 is 0 Å². The van der Waals surface area contributed by atoms with Crippen LogP contribution in [0.25, 0.3) is 0 Å². The summed E-state index contributed by atoms with van der Waals surface area (Å²) in [6.45, 7) is 5.47. The van der Waals surface area contributed by atoms with Crippen molar-refractivity contribution in [3.05, 3.63) is 11.8 Å². The van der Waals surface area contributed by atoms with Gasteiger partial charge in [-0.15, -0.1) is 22.0 Å². The van der Waals surface area contributed by atoms with Crippen molar-refractivity contribution < 1.29 is 14.3 Å². The third-order valence-electron chi connectivity index (χ3n) is 1.80. The maximum absolute atomic E-state index is 10.9. The third kappa shape index (κ3) is 3.54. The lowest BCUT2D eigenvalue weighted by molar-refractivity contribution is -0.137. The Labute approximate surface area is 92.3 Å². The summed E-state index contributed by atoms with van der Waals surface area (Å²) in [5.74, 6) is 0.699. The minimum atomic E-state index is -0.800. The Bertz CT molecular complexity index is 338. The molecule has 1 rings (SSSR count). The van der Waals surface area contributed by atoms with Crippen LogP contribution >= 0.6 is 11.8 Å². The highest BCUT2D eigenvalue weighted by atomic mass is 32.2. The second kappa shape index (κ2) is 5.16. The normalized spacial score (nSPS) is 13.1. The Balaban J connectivity index is 2.50. The fourth-order valence-corrected chi connectivity index (χ4v) is 2.07. The van der Waals surface area contributed by atoms with Gasteiger partial charge in [-0.05, 0) is 5.92 Å². The number of carboxylic acid groups (broad SMARTS) is 1. The molecule has 0 radical (unpaired) electrons. The highest BCUT2D eigenvalue weighted by Crippen LogP contribution is 2.23. The average Bonchev–Trinajstić information content (AvgIpc) is 2.50. The third-order valence-corrected chi connectivity index (χ3v) is 3.32. The Morgan fingerprint density at radius 2 is 2.20 bits per heavy atom. The molecule has 0 aliphatic rings. The molecule has 6 heteroatoms. The molecule has 1 atom stereocenters. The summed E-state index contributed by atoms with van der Waals surface area (Å²) in [7, 11) is 0. The van der Waals surface area contributed by atoms with E-state index in [2.05, 4.69) is 10.2 Å². The molecule has 1 N–H and O–H groups in total. The SMILES string of the molecule is Cc1nnc(CSC(C(=O)O)C(C)C)o1. The summed E-state index contributed by atoms with van der Waals surface area (Å²) in [5, 5.41) is 16.0. The summed E-state index contributed by atoms with van der Waals surface area (Å²) in [6.07, 6.45) is 0. The quantitative estimate of drug-likeness (QED) is 0.830. The van der Waals surface area contributed by atoms with E-state index in [1.165, 1.54) is 11.8 Å². The first kappa shape index (κ1) is 12.0. The van der Waals surface area contributed by atoms with Gasteiger partial charge in [-0.3, -0.25) is 4.79 Å². The molecule has 1 heterocycles. The topological polar surface area (TPSA) is 76.2 Å². The van der Waals surface area contributed by atoms with Crippen LogP contribution in [0, 0.1) is 12.8 Å². The maximum atomic E-state index is 10.9. The molecule has 84 valence electrons. The number of aliphatic carboxylic acids is 1. The molecular weight excluding hydrogens is 216 g/mol. The molecule has 0 aliphatic carbocycles. The van der Waals surface area contributed by atoms with Gasteiger partial charge in [0.25, 0.3) is 0 Å². The van der Waals surface area contributed by atoms with Crippen LogP contribution in [0.5, 0.6) is 0 Å². The summed E-state index contributed by atoms with van der Waals surface area (Å²) in [4.78, 5) is 10.9. The molecule has 1 aromatic heterocycles. The van der Waals surface area contributed by atoms with E-state index < -0.39 is 11.2 Å². The van der Waals surface area contributed by atoms with Crippen molar-refractivity contribution in [2.75, 3.05) is 0 Å². The fraction of sp³-hybridized carbons (Fsp3) is 0.667. The number of aromatic nitrogens is 2. The summed E-state index contributed by atoms with van der Waals surface area (Å²) < 4.78 is 5.16. The molecule has 0 bridgehead atoms. The molecular formula is C9H14N2O3S. The summed E-state index contributed by atoms with van der Waals surface area (Å²) in [5.41, 5.74) is 0. The summed E-state index contributed by atoms with van der Waals surface area (Å²) >= 11 is 1.31. The summed E-state index contributed by atoms with van der Waals surface area (Å²) in [6, 6.07) is 0. The predicted octanol–water partition coefficient (Wildman–Crippen LogP) is 1.72. The molecule has 1 unspecified atom stereocenters. The van der Waals surface area contributed by atoms with Crippen molar-refractivity contribution in [1.82, 2.24) is 10.2 Å². The number of rotatable bonds is 5. The van der Waals surface area contributed by atoms with Gasteiger partial charge in [-0.1, -0.05) is 13.8 Å². The van der Waals surface area contributed by atoms with Crippen LogP contribution in [0.4, 0.5) is 0 Å². The number of hydrogen-bond acceptors (Lipinski definition) is 5. The number of thioether (sulfide) groups is 1. The van der Waals surface area contributed by atoms with E-state index in [9.17, 15) is 4.79 Å². The lowest BCUT2D eigenvalue weighted by Crippen LogP contribution is -2.22. The van der Waals surface area contributed by atoms with Crippen molar-refractivity contribution in [1.29, 1.82) is 0 Å². The molecule has 0 amide bonds. The minimum Gasteiger partial charge on any atom is -0.480 e. The van der Waals surface area contributed by atoms with Crippen molar-refractivity contribution in [3.63, 3.8) is 0 Å². The Hall–Kier alpha value is -1.04. The van der Waals surface area contributed by atoms with Crippen LogP contribution in [-0.4, -0.2) is 26.5 Å². The smallest absolute Gasteiger partial charge is 0.316 e. The van der Waals surface area contributed by atoms with Crippen LogP contribution in [0.1, 0.15) is 25.6 Å². The highest BCUT2D eigenvalue weighted by molar-refractivity contribution is 7.99. The highest BCUT2D eigenvalue weighted by Gasteiger charge is 2.22. The van der Waals surface area contributed by atoms with E-state index in [1.54, 1.807) is 6.92 Å². The van der Waals surface area contributed by atoms with Crippen LogP contribution < -0.4 is 0 Å². The minimum absolute atomic E-state index is 0.0801. The number of hydrogen-bond donors (Lipinski definition) is 1. The van der Waals surface area contributed by atoms with Gasteiger partial charge in [-0.25, -0.2) is 0 Å². The first-order valence-corrected chi connectivity index (χ1v) is 5.69. The van der Waals surface area contributed by atoms with Crippen molar-refractivity contribution >= 4 is 17.7 Å². The van der Waals surface area contributed by atoms with Gasteiger partial charge in [0.05, 0.1) is 5.75 Å². The number of nitrogens with zero attached hydrogens (tertiary/aromatic N) is 2. The largest absolute Gasteiger partial charge is 0.480 e. The molecule has 5 nitrogen and oxygen atoms in total. The average molecular weight is 230 g/mol. The van der Waals surface area contributed by atoms with Crippen LogP contribution in [-0.2, 0) is 10.5 Å². The van der Waals surface area contributed by atoms with E-state index in [0.717, 1.165) is 0 Å². The van der Waals surface area contributed by atoms with Gasteiger partial charge in [0.15, 0.2) is 0 Å². The Morgan fingerprint density at radius 3 is 2.60 bits per heavy atom. The number of carbonyl (C=O) groups is 1. The van der Waals surface area contributed by atoms with E-state index in [4.69, 9.17) is 9.52 Å². The Morgan fingerprint density at radius 1 is 1.53 bits per heavy atom. The van der Waals surface area contributed by atoms with Gasteiger partial charge in [0.2, 0.25) is 11.8 Å². The molecule has 0 aliphatic heterocycles. The molecule has 0 fully saturated rings. The van der Waals surface area contributed by atoms with E-state index in [0.29, 0.717) is 17.5 Å². The zero-order chi connectivity index (χ0) is 11.4. The molecule has 0 spiro atoms. The fourth-order valence-electron chi connectivity index (χ4n) is 1.11. The van der Waals surface area contributed by atoms with Crippen molar-refractivity contribution in [3.8, 4) is 0 Å². The van der Waals surface area contributed by atoms with Crippen LogP contribution in [0.3, 0.4) is 0 Å². The predicted molar refractivity (Wildman–Crippen MR) is 56.6 cm³/mol. The molecule has 1 aromatic rings. The van der Waals surface area contributed by atoms with Gasteiger partial charge in [0.1, 0.15) is 5.25 Å². The lowest BCUT2D eigenvalue weighted by Gasteiger charge is -2.13. The zero-order valence-corrected chi connectivity index (χ0v) is 9.74. The lowest BCUT2D eigenvalue weighted by atomic mass is 10.1. The van der Waals surface area contributed by atoms with E-state index in [1.807, 2.05) is 13.8 Å². The van der Waals surface area contributed by atoms with Crippen LogP contribution in [0.2, 0.25) is 0 Å². The van der Waals surface area contributed by atoms with Gasteiger partial charge < -0.3 is 9.52 Å². The first-order valence-electron chi connectivity index (χ1n) is 4.64. The second-order valence-corrected chi connectivity index (χ2v) is 4.66. The molecule has 0 saturated carbocycles. The Kier molecular flexibility index (Phi) is 4.14. The van der Waals surface area contributed by atoms with Crippen molar-refractivity contribution in [2.45, 2.75) is 31.8 Å². The monoisotopic (exact) mass is 230 g/mol. The van der Waals surface area contributed by atoms with Gasteiger partial charge in [-0.2, -0.15) is 0 Å². The molecule has 0 saturated heterocycles. The zero-order valence-electron chi connectivity index (χ0n) is 8.93. The first-order chi connectivity index (χ1) is 7.00. The second-order valence-electron chi connectivity index (χ2n) is 3.53. The van der Waals surface area contributed by atoms with Gasteiger partial charge >= 0.3 is 5.97 Å². The molecule has 0 aromatic carbocycles. The number of carboxylic acids is 1. The van der Waals surface area contributed by atoms with Crippen LogP contribution in [0.15, 0.2) is 4.42 Å². The van der Waals surface area contributed by atoms with E-state index in [-0.39, 0.29) is 5.92 Å². The van der Waals surface area contributed by atoms with Gasteiger partial charge in [0, 0.05) is 6.92 Å². The van der Waals surface area contributed by atoms with Crippen molar-refractivity contribution in [2.24, 2.45) is 5.92 Å². The maximum Gasteiger partial charge on any atom is 0.316 e.